The predicted octanol–water partition coefficient (Wildman–Crippen LogP) is 0.193. The second kappa shape index (κ2) is 6.67. The van der Waals surface area contributed by atoms with Gasteiger partial charge in [0.1, 0.15) is 5.82 Å². The van der Waals surface area contributed by atoms with Crippen molar-refractivity contribution in [1.29, 1.82) is 0 Å². The van der Waals surface area contributed by atoms with E-state index in [1.807, 2.05) is 0 Å². The third kappa shape index (κ3) is 5.95. The Kier molecular flexibility index (Phi) is 6.23. The first-order valence-corrected chi connectivity index (χ1v) is 6.69. The number of carbonyl (C=O) groups excluding carboxylic acids is 1. The number of rotatable bonds is 4. The Morgan fingerprint density at radius 2 is 2.11 bits per heavy atom. The van der Waals surface area contributed by atoms with E-state index in [0.29, 0.717) is 5.56 Å². The Balaban J connectivity index is 0.00000289. The first-order valence-electron chi connectivity index (χ1n) is 4.79. The summed E-state index contributed by atoms with van der Waals surface area (Å²) >= 11 is 0. The third-order valence-corrected chi connectivity index (χ3v) is 2.54. The highest BCUT2D eigenvalue weighted by atomic mass is 35.5. The summed E-state index contributed by atoms with van der Waals surface area (Å²) in [4.78, 5) is 11.3. The van der Waals surface area contributed by atoms with E-state index in [9.17, 15) is 17.6 Å². The van der Waals surface area contributed by atoms with Gasteiger partial charge in [-0.3, -0.25) is 9.52 Å². The summed E-state index contributed by atoms with van der Waals surface area (Å²) in [5.41, 5.74) is 6.04. The molecule has 0 radical (unpaired) electrons. The molecule has 0 saturated carbocycles. The molecule has 0 aliphatic rings. The maximum Gasteiger partial charge on any atom is 0.250 e. The number of hydrogen-bond acceptors (Lipinski definition) is 4. The number of amides is 1. The lowest BCUT2D eigenvalue weighted by molar-refractivity contribution is -0.120. The number of nitrogens with two attached hydrogens (primary N) is 1. The van der Waals surface area contributed by atoms with Gasteiger partial charge < -0.3 is 5.73 Å². The van der Waals surface area contributed by atoms with Gasteiger partial charge in [0.25, 0.3) is 5.91 Å². The van der Waals surface area contributed by atoms with Crippen molar-refractivity contribution in [2.75, 3.05) is 6.26 Å². The molecular formula is C10H14ClFN2O3S. The molecule has 1 atom stereocenters. The van der Waals surface area contributed by atoms with Gasteiger partial charge in [0.05, 0.1) is 12.3 Å². The van der Waals surface area contributed by atoms with Crippen LogP contribution in [0.2, 0.25) is 0 Å². The number of nitrogens with one attached hydrogen (secondary N) is 1. The van der Waals surface area contributed by atoms with Crippen LogP contribution < -0.4 is 10.5 Å². The van der Waals surface area contributed by atoms with Crippen LogP contribution in [0.1, 0.15) is 5.56 Å². The van der Waals surface area contributed by atoms with E-state index in [0.717, 1.165) is 6.26 Å². The predicted molar refractivity (Wildman–Crippen MR) is 68.3 cm³/mol. The van der Waals surface area contributed by atoms with Gasteiger partial charge in [-0.2, -0.15) is 0 Å². The zero-order valence-electron chi connectivity index (χ0n) is 9.59. The van der Waals surface area contributed by atoms with Crippen molar-refractivity contribution < 1.29 is 17.6 Å². The molecule has 0 fully saturated rings. The maximum atomic E-state index is 12.9. The van der Waals surface area contributed by atoms with E-state index in [-0.39, 0.29) is 18.8 Å². The van der Waals surface area contributed by atoms with Crippen LogP contribution in [0.25, 0.3) is 0 Å². The highest BCUT2D eigenvalue weighted by Crippen LogP contribution is 2.05. The van der Waals surface area contributed by atoms with Crippen molar-refractivity contribution in [2.45, 2.75) is 12.5 Å². The van der Waals surface area contributed by atoms with Crippen LogP contribution in [0.4, 0.5) is 4.39 Å². The largest absolute Gasteiger partial charge is 0.320 e. The van der Waals surface area contributed by atoms with Crippen molar-refractivity contribution >= 4 is 28.3 Å². The van der Waals surface area contributed by atoms with Gasteiger partial charge in [-0.25, -0.2) is 12.8 Å². The van der Waals surface area contributed by atoms with Crippen LogP contribution in [-0.2, 0) is 21.2 Å². The Bertz CT molecular complexity index is 522. The fourth-order valence-electron chi connectivity index (χ4n) is 1.27. The topological polar surface area (TPSA) is 89.3 Å². The molecular weight excluding hydrogens is 283 g/mol. The van der Waals surface area contributed by atoms with Crippen molar-refractivity contribution in [1.82, 2.24) is 4.72 Å². The van der Waals surface area contributed by atoms with Gasteiger partial charge >= 0.3 is 0 Å². The molecule has 1 aromatic rings. The number of sulfonamides is 1. The average molecular weight is 297 g/mol. The summed E-state index contributed by atoms with van der Waals surface area (Å²) in [6, 6.07) is 4.58. The molecule has 0 aliphatic heterocycles. The summed E-state index contributed by atoms with van der Waals surface area (Å²) < 4.78 is 36.2. The van der Waals surface area contributed by atoms with Crippen LogP contribution in [0.3, 0.4) is 0 Å². The Hall–Kier alpha value is -1.18. The minimum atomic E-state index is -3.62. The fraction of sp³-hybridized carbons (Fsp3) is 0.300. The van der Waals surface area contributed by atoms with Crippen LogP contribution >= 0.6 is 12.4 Å². The fourth-order valence-corrected chi connectivity index (χ4v) is 1.79. The maximum absolute atomic E-state index is 12.9. The van der Waals surface area contributed by atoms with Gasteiger partial charge in [-0.1, -0.05) is 12.1 Å². The summed E-state index contributed by atoms with van der Waals surface area (Å²) in [6.07, 6.45) is 0.929. The molecule has 5 nitrogen and oxygen atoms in total. The molecule has 0 bridgehead atoms. The van der Waals surface area contributed by atoms with Crippen LogP contribution in [0.15, 0.2) is 24.3 Å². The van der Waals surface area contributed by atoms with Crippen LogP contribution in [0.5, 0.6) is 0 Å². The molecule has 18 heavy (non-hydrogen) atoms. The number of benzene rings is 1. The van der Waals surface area contributed by atoms with Gasteiger partial charge in [-0.15, -0.1) is 12.4 Å². The molecule has 3 N–H and O–H groups in total. The first kappa shape index (κ1) is 16.8. The van der Waals surface area contributed by atoms with E-state index in [4.69, 9.17) is 5.73 Å². The second-order valence-electron chi connectivity index (χ2n) is 3.68. The number of carbonyl (C=O) groups is 1. The SMILES string of the molecule is CS(=O)(=O)NC(=O)[C@H](N)Cc1cccc(F)c1.Cl. The molecule has 0 aromatic heterocycles. The second-order valence-corrected chi connectivity index (χ2v) is 5.43. The summed E-state index contributed by atoms with van der Waals surface area (Å²) in [5, 5.41) is 0. The molecule has 1 amide bonds. The van der Waals surface area contributed by atoms with E-state index in [2.05, 4.69) is 0 Å². The van der Waals surface area contributed by atoms with E-state index in [1.165, 1.54) is 18.2 Å². The number of halogens is 2. The van der Waals surface area contributed by atoms with E-state index >= 15 is 0 Å². The lowest BCUT2D eigenvalue weighted by atomic mass is 10.1. The van der Waals surface area contributed by atoms with Gasteiger partial charge in [0.2, 0.25) is 10.0 Å². The lowest BCUT2D eigenvalue weighted by Gasteiger charge is -2.11. The summed E-state index contributed by atoms with van der Waals surface area (Å²) in [5.74, 6) is -1.24. The third-order valence-electron chi connectivity index (χ3n) is 1.97. The summed E-state index contributed by atoms with van der Waals surface area (Å²) in [6.45, 7) is 0. The number of hydrogen-bond donors (Lipinski definition) is 2. The van der Waals surface area contributed by atoms with Crippen molar-refractivity contribution in [2.24, 2.45) is 5.73 Å². The van der Waals surface area contributed by atoms with Crippen molar-refractivity contribution in [3.8, 4) is 0 Å². The molecule has 0 unspecified atom stereocenters. The average Bonchev–Trinajstić information content (AvgIpc) is 2.14. The van der Waals surface area contributed by atoms with Gasteiger partial charge in [0, 0.05) is 0 Å². The standard InChI is InChI=1S/C10H13FN2O3S.ClH/c1-17(15,16)13-10(14)9(12)6-7-3-2-4-8(11)5-7;/h2-5,9H,6,12H2,1H3,(H,13,14);1H/t9-;/m1./s1. The molecule has 0 saturated heterocycles. The zero-order chi connectivity index (χ0) is 13.1. The highest BCUT2D eigenvalue weighted by Gasteiger charge is 2.17. The van der Waals surface area contributed by atoms with Crippen molar-refractivity contribution in [3.63, 3.8) is 0 Å². The van der Waals surface area contributed by atoms with Gasteiger partial charge in [0.15, 0.2) is 0 Å². The van der Waals surface area contributed by atoms with E-state index < -0.39 is 27.8 Å². The smallest absolute Gasteiger partial charge is 0.250 e. The minimum Gasteiger partial charge on any atom is -0.320 e. The van der Waals surface area contributed by atoms with Crippen molar-refractivity contribution in [3.05, 3.63) is 35.6 Å². The Morgan fingerprint density at radius 1 is 1.50 bits per heavy atom. The summed E-state index contributed by atoms with van der Waals surface area (Å²) in [7, 11) is -3.62. The molecule has 102 valence electrons. The van der Waals surface area contributed by atoms with Crippen LogP contribution in [-0.4, -0.2) is 26.6 Å². The van der Waals surface area contributed by atoms with E-state index in [1.54, 1.807) is 10.8 Å². The molecule has 0 aliphatic carbocycles. The quantitative estimate of drug-likeness (QED) is 0.830. The zero-order valence-corrected chi connectivity index (χ0v) is 11.2. The highest BCUT2D eigenvalue weighted by molar-refractivity contribution is 7.89. The Labute approximate surface area is 111 Å². The molecule has 8 heteroatoms. The first-order chi connectivity index (χ1) is 7.78. The normalized spacial score (nSPS) is 12.4. The molecule has 0 heterocycles. The minimum absolute atomic E-state index is 0. The molecule has 1 aromatic carbocycles. The molecule has 1 rings (SSSR count). The molecule has 0 spiro atoms. The monoisotopic (exact) mass is 296 g/mol. The van der Waals surface area contributed by atoms with Gasteiger partial charge in [-0.05, 0) is 24.1 Å². The Morgan fingerprint density at radius 3 is 2.61 bits per heavy atom. The van der Waals surface area contributed by atoms with Crippen LogP contribution in [0, 0.1) is 5.82 Å². The lowest BCUT2D eigenvalue weighted by Crippen LogP contribution is -2.44.